The first-order valence-corrected chi connectivity index (χ1v) is 7.12. The van der Waals surface area contributed by atoms with Crippen LogP contribution in [0.25, 0.3) is 0 Å². The maximum atomic E-state index is 12.0. The molecule has 1 saturated heterocycles. The standard InChI is InChI=1S/C14H18ClN3O3/c1-9-13(16-6-7-21-9)14(20)17-8-12(19)18-11-4-2-10(15)3-5-11/h2-5,9,13,16H,6-8H2,1H3,(H,17,20)(H,18,19)/t9-,13+/m1/s1. The van der Waals surface area contributed by atoms with Crippen molar-refractivity contribution in [2.75, 3.05) is 25.0 Å². The Morgan fingerprint density at radius 1 is 1.38 bits per heavy atom. The SMILES string of the molecule is C[C@H]1OCCN[C@@H]1C(=O)NCC(=O)Nc1ccc(Cl)cc1. The van der Waals surface area contributed by atoms with Crippen molar-refractivity contribution in [3.05, 3.63) is 29.3 Å². The van der Waals surface area contributed by atoms with E-state index in [0.29, 0.717) is 23.9 Å². The number of anilines is 1. The molecule has 0 radical (unpaired) electrons. The molecule has 0 unspecified atom stereocenters. The molecule has 1 aromatic carbocycles. The van der Waals surface area contributed by atoms with Crippen molar-refractivity contribution in [3.8, 4) is 0 Å². The monoisotopic (exact) mass is 311 g/mol. The predicted octanol–water partition coefficient (Wildman–Crippen LogP) is 0.772. The lowest BCUT2D eigenvalue weighted by Crippen LogP contribution is -2.56. The number of rotatable bonds is 4. The van der Waals surface area contributed by atoms with Crippen LogP contribution in [0.3, 0.4) is 0 Å². The summed E-state index contributed by atoms with van der Waals surface area (Å²) < 4.78 is 5.39. The van der Waals surface area contributed by atoms with Gasteiger partial charge in [-0.25, -0.2) is 0 Å². The van der Waals surface area contributed by atoms with Crippen molar-refractivity contribution in [2.24, 2.45) is 0 Å². The highest BCUT2D eigenvalue weighted by molar-refractivity contribution is 6.30. The van der Waals surface area contributed by atoms with Crippen LogP contribution < -0.4 is 16.0 Å². The Balaban J connectivity index is 1.78. The molecule has 3 N–H and O–H groups in total. The molecule has 21 heavy (non-hydrogen) atoms. The Morgan fingerprint density at radius 2 is 2.10 bits per heavy atom. The van der Waals surface area contributed by atoms with Crippen LogP contribution in [0.4, 0.5) is 5.69 Å². The summed E-state index contributed by atoms with van der Waals surface area (Å²) >= 11 is 5.76. The van der Waals surface area contributed by atoms with E-state index in [1.54, 1.807) is 24.3 Å². The van der Waals surface area contributed by atoms with Crippen molar-refractivity contribution in [2.45, 2.75) is 19.1 Å². The third-order valence-corrected chi connectivity index (χ3v) is 3.40. The first kappa shape index (κ1) is 15.8. The Labute approximate surface area is 128 Å². The van der Waals surface area contributed by atoms with Gasteiger partial charge in [0.25, 0.3) is 0 Å². The molecule has 1 aliphatic heterocycles. The largest absolute Gasteiger partial charge is 0.375 e. The van der Waals surface area contributed by atoms with Gasteiger partial charge in [-0.2, -0.15) is 0 Å². The lowest BCUT2D eigenvalue weighted by atomic mass is 10.1. The summed E-state index contributed by atoms with van der Waals surface area (Å²) in [7, 11) is 0. The zero-order chi connectivity index (χ0) is 15.2. The molecule has 0 aromatic heterocycles. The number of ether oxygens (including phenoxy) is 1. The van der Waals surface area contributed by atoms with Gasteiger partial charge < -0.3 is 20.7 Å². The van der Waals surface area contributed by atoms with Crippen LogP contribution in [-0.4, -0.2) is 43.7 Å². The molecule has 0 spiro atoms. The number of morpholine rings is 1. The van der Waals surface area contributed by atoms with E-state index >= 15 is 0 Å². The first-order chi connectivity index (χ1) is 10.1. The van der Waals surface area contributed by atoms with Gasteiger partial charge in [-0.15, -0.1) is 0 Å². The van der Waals surface area contributed by atoms with Crippen LogP contribution in [0, 0.1) is 0 Å². The van der Waals surface area contributed by atoms with Crippen LogP contribution >= 0.6 is 11.6 Å². The van der Waals surface area contributed by atoms with Crippen molar-refractivity contribution in [3.63, 3.8) is 0 Å². The van der Waals surface area contributed by atoms with Crippen molar-refractivity contribution in [1.29, 1.82) is 0 Å². The van der Waals surface area contributed by atoms with Gasteiger partial charge in [-0.3, -0.25) is 9.59 Å². The van der Waals surface area contributed by atoms with Crippen LogP contribution in [0.15, 0.2) is 24.3 Å². The molecule has 114 valence electrons. The van der Waals surface area contributed by atoms with Gasteiger partial charge >= 0.3 is 0 Å². The van der Waals surface area contributed by atoms with E-state index in [1.807, 2.05) is 6.92 Å². The summed E-state index contributed by atoms with van der Waals surface area (Å²) in [4.78, 5) is 23.7. The van der Waals surface area contributed by atoms with E-state index in [2.05, 4.69) is 16.0 Å². The summed E-state index contributed by atoms with van der Waals surface area (Å²) in [5.74, 6) is -0.538. The van der Waals surface area contributed by atoms with E-state index in [4.69, 9.17) is 16.3 Å². The molecule has 1 heterocycles. The summed E-state index contributed by atoms with van der Waals surface area (Å²) in [6.45, 7) is 2.94. The van der Waals surface area contributed by atoms with Gasteiger partial charge in [0.05, 0.1) is 19.3 Å². The summed E-state index contributed by atoms with van der Waals surface area (Å²) in [6, 6.07) is 6.32. The number of benzene rings is 1. The van der Waals surface area contributed by atoms with E-state index in [1.165, 1.54) is 0 Å². The Morgan fingerprint density at radius 3 is 2.76 bits per heavy atom. The van der Waals surface area contributed by atoms with E-state index < -0.39 is 6.04 Å². The maximum Gasteiger partial charge on any atom is 0.243 e. The van der Waals surface area contributed by atoms with Gasteiger partial charge in [0.1, 0.15) is 6.04 Å². The van der Waals surface area contributed by atoms with Crippen LogP contribution in [0.5, 0.6) is 0 Å². The van der Waals surface area contributed by atoms with Gasteiger partial charge in [0.15, 0.2) is 0 Å². The van der Waals surface area contributed by atoms with Crippen LogP contribution in [0.2, 0.25) is 5.02 Å². The molecule has 1 aliphatic rings. The van der Waals surface area contributed by atoms with E-state index in [9.17, 15) is 9.59 Å². The zero-order valence-corrected chi connectivity index (χ0v) is 12.4. The number of hydrogen-bond acceptors (Lipinski definition) is 4. The third kappa shape index (κ3) is 4.70. The minimum Gasteiger partial charge on any atom is -0.375 e. The average Bonchev–Trinajstić information content (AvgIpc) is 2.48. The average molecular weight is 312 g/mol. The fraction of sp³-hybridized carbons (Fsp3) is 0.429. The summed E-state index contributed by atoms with van der Waals surface area (Å²) in [5, 5.41) is 8.93. The van der Waals surface area contributed by atoms with Gasteiger partial charge in [0.2, 0.25) is 11.8 Å². The molecule has 6 nitrogen and oxygen atoms in total. The topological polar surface area (TPSA) is 79.5 Å². The highest BCUT2D eigenvalue weighted by Gasteiger charge is 2.28. The second-order valence-corrected chi connectivity index (χ2v) is 5.22. The molecule has 1 fully saturated rings. The second kappa shape index (κ2) is 7.40. The number of carbonyl (C=O) groups is 2. The highest BCUT2D eigenvalue weighted by Crippen LogP contribution is 2.13. The highest BCUT2D eigenvalue weighted by atomic mass is 35.5. The van der Waals surface area contributed by atoms with Crippen molar-refractivity contribution < 1.29 is 14.3 Å². The second-order valence-electron chi connectivity index (χ2n) is 4.78. The molecule has 1 aromatic rings. The third-order valence-electron chi connectivity index (χ3n) is 3.15. The van der Waals surface area contributed by atoms with Gasteiger partial charge in [0, 0.05) is 17.3 Å². The predicted molar refractivity (Wildman–Crippen MR) is 80.3 cm³/mol. The fourth-order valence-electron chi connectivity index (χ4n) is 2.04. The number of hydrogen-bond donors (Lipinski definition) is 3. The minimum atomic E-state index is -0.429. The smallest absolute Gasteiger partial charge is 0.243 e. The molecule has 7 heteroatoms. The molecule has 2 atom stereocenters. The lowest BCUT2D eigenvalue weighted by molar-refractivity contribution is -0.130. The number of amides is 2. The van der Waals surface area contributed by atoms with E-state index in [0.717, 1.165) is 0 Å². The van der Waals surface area contributed by atoms with Gasteiger partial charge in [-0.05, 0) is 31.2 Å². The lowest BCUT2D eigenvalue weighted by Gasteiger charge is -2.29. The molecular formula is C14H18ClN3O3. The van der Waals surface area contributed by atoms with Crippen molar-refractivity contribution >= 4 is 29.1 Å². The number of nitrogens with one attached hydrogen (secondary N) is 3. The van der Waals surface area contributed by atoms with Crippen molar-refractivity contribution in [1.82, 2.24) is 10.6 Å². The fourth-order valence-corrected chi connectivity index (χ4v) is 2.17. The van der Waals surface area contributed by atoms with Gasteiger partial charge in [-0.1, -0.05) is 11.6 Å². The maximum absolute atomic E-state index is 12.0. The molecule has 0 aliphatic carbocycles. The zero-order valence-electron chi connectivity index (χ0n) is 11.7. The molecule has 2 amide bonds. The quantitative estimate of drug-likeness (QED) is 0.767. The molecule has 0 bridgehead atoms. The number of halogens is 1. The first-order valence-electron chi connectivity index (χ1n) is 6.74. The Kier molecular flexibility index (Phi) is 5.55. The van der Waals surface area contributed by atoms with E-state index in [-0.39, 0.29) is 24.5 Å². The summed E-state index contributed by atoms with van der Waals surface area (Å²) in [5.41, 5.74) is 0.631. The minimum absolute atomic E-state index is 0.0909. The Hall–Kier alpha value is -1.63. The molecule has 0 saturated carbocycles. The van der Waals surface area contributed by atoms with Crippen LogP contribution in [-0.2, 0) is 14.3 Å². The number of carbonyl (C=O) groups excluding carboxylic acids is 2. The summed E-state index contributed by atoms with van der Waals surface area (Å²) in [6.07, 6.45) is -0.210. The normalized spacial score (nSPS) is 21.6. The molecular weight excluding hydrogens is 294 g/mol. The van der Waals surface area contributed by atoms with Crippen LogP contribution in [0.1, 0.15) is 6.92 Å². The molecule has 2 rings (SSSR count). The Bertz CT molecular complexity index is 507.